The molecule has 0 N–H and O–H groups in total. The Balaban J connectivity index is 1.70. The predicted octanol–water partition coefficient (Wildman–Crippen LogP) is 2.00. The van der Waals surface area contributed by atoms with Gasteiger partial charge in [-0.05, 0) is 50.0 Å². The Hall–Kier alpha value is -0.970. The van der Waals surface area contributed by atoms with Gasteiger partial charge in [0.2, 0.25) is 0 Å². The molecule has 0 unspecified atom stereocenters. The summed E-state index contributed by atoms with van der Waals surface area (Å²) in [5, 5.41) is 0. The molecular formula is C16H20O4. The van der Waals surface area contributed by atoms with Crippen molar-refractivity contribution in [1.82, 2.24) is 0 Å². The van der Waals surface area contributed by atoms with Crippen LogP contribution in [0.15, 0.2) is 24.3 Å². The Morgan fingerprint density at radius 3 is 2.65 bits per heavy atom. The second-order valence-corrected chi connectivity index (χ2v) is 6.17. The Labute approximate surface area is 118 Å². The number of rotatable bonds is 0. The van der Waals surface area contributed by atoms with Crippen LogP contribution < -0.4 is 0 Å². The zero-order valence-electron chi connectivity index (χ0n) is 11.5. The average molecular weight is 276 g/mol. The molecule has 0 bridgehead atoms. The van der Waals surface area contributed by atoms with E-state index in [2.05, 4.69) is 0 Å². The summed E-state index contributed by atoms with van der Waals surface area (Å²) >= 11 is 0. The van der Waals surface area contributed by atoms with E-state index in [9.17, 15) is 4.79 Å². The number of ketones is 1. The van der Waals surface area contributed by atoms with Gasteiger partial charge in [0, 0.05) is 25.0 Å². The fourth-order valence-corrected chi connectivity index (χ4v) is 4.08. The maximum atomic E-state index is 11.4. The molecule has 4 aliphatic rings. The first kappa shape index (κ1) is 12.7. The summed E-state index contributed by atoms with van der Waals surface area (Å²) in [7, 11) is 0. The van der Waals surface area contributed by atoms with Gasteiger partial charge in [-0.25, -0.2) is 0 Å². The van der Waals surface area contributed by atoms with Crippen LogP contribution in [0.4, 0.5) is 0 Å². The molecule has 1 aliphatic carbocycles. The number of allylic oxidation sites excluding steroid dienone is 2. The molecule has 4 rings (SSSR count). The summed E-state index contributed by atoms with van der Waals surface area (Å²) < 4.78 is 18.2. The lowest BCUT2D eigenvalue weighted by Gasteiger charge is -2.54. The van der Waals surface area contributed by atoms with E-state index < -0.39 is 5.60 Å². The van der Waals surface area contributed by atoms with Gasteiger partial charge in [0.15, 0.2) is 12.1 Å². The highest BCUT2D eigenvalue weighted by Crippen LogP contribution is 2.48. The minimum atomic E-state index is -0.516. The van der Waals surface area contributed by atoms with Gasteiger partial charge in [-0.1, -0.05) is 0 Å². The Morgan fingerprint density at radius 2 is 1.80 bits per heavy atom. The molecule has 0 amide bonds. The van der Waals surface area contributed by atoms with Crippen LogP contribution in [0.3, 0.4) is 0 Å². The minimum absolute atomic E-state index is 0.0270. The van der Waals surface area contributed by atoms with Gasteiger partial charge in [0.05, 0.1) is 6.10 Å². The van der Waals surface area contributed by atoms with Crippen LogP contribution in [0.25, 0.3) is 0 Å². The third-order valence-electron chi connectivity index (χ3n) is 5.02. The van der Waals surface area contributed by atoms with Gasteiger partial charge in [-0.3, -0.25) is 4.79 Å². The van der Waals surface area contributed by atoms with Crippen molar-refractivity contribution in [3.8, 4) is 0 Å². The monoisotopic (exact) mass is 276 g/mol. The van der Waals surface area contributed by atoms with E-state index >= 15 is 0 Å². The summed E-state index contributed by atoms with van der Waals surface area (Å²) in [6, 6.07) is 0. The standard InChI is InChI=1S/C16H20O4/c17-11-5-7-16(8-6-11)13-4-2-9-18-14(13)12-3-1-10-19-15(12)20-16/h5-8,12-15H,1-4,9-10H2/t12-,13+,14-,15+/m1/s1. The van der Waals surface area contributed by atoms with Crippen molar-refractivity contribution in [2.24, 2.45) is 11.8 Å². The third-order valence-corrected chi connectivity index (χ3v) is 5.02. The molecule has 4 atom stereocenters. The van der Waals surface area contributed by atoms with Crippen LogP contribution in [-0.2, 0) is 19.0 Å². The molecule has 4 heteroatoms. The molecule has 3 saturated heterocycles. The highest BCUT2D eigenvalue weighted by atomic mass is 16.7. The Bertz CT molecular complexity index is 451. The highest BCUT2D eigenvalue weighted by molar-refractivity contribution is 6.00. The van der Waals surface area contributed by atoms with Crippen molar-refractivity contribution < 1.29 is 19.0 Å². The van der Waals surface area contributed by atoms with E-state index in [0.29, 0.717) is 11.8 Å². The van der Waals surface area contributed by atoms with E-state index in [1.807, 2.05) is 12.2 Å². The zero-order chi connectivity index (χ0) is 13.6. The number of hydrogen-bond donors (Lipinski definition) is 0. The van der Waals surface area contributed by atoms with Gasteiger partial charge >= 0.3 is 0 Å². The van der Waals surface area contributed by atoms with E-state index in [-0.39, 0.29) is 18.2 Å². The van der Waals surface area contributed by atoms with Crippen molar-refractivity contribution in [1.29, 1.82) is 0 Å². The first-order valence-electron chi connectivity index (χ1n) is 7.62. The summed E-state index contributed by atoms with van der Waals surface area (Å²) in [6.45, 7) is 1.58. The quantitative estimate of drug-likeness (QED) is 0.679. The van der Waals surface area contributed by atoms with E-state index in [4.69, 9.17) is 14.2 Å². The molecular weight excluding hydrogens is 256 g/mol. The fourth-order valence-electron chi connectivity index (χ4n) is 4.08. The van der Waals surface area contributed by atoms with Gasteiger partial charge in [-0.15, -0.1) is 0 Å². The van der Waals surface area contributed by atoms with E-state index in [1.54, 1.807) is 12.2 Å². The van der Waals surface area contributed by atoms with Gasteiger partial charge in [0.1, 0.15) is 5.60 Å². The largest absolute Gasteiger partial charge is 0.377 e. The lowest BCUT2D eigenvalue weighted by Crippen LogP contribution is -2.61. The lowest BCUT2D eigenvalue weighted by molar-refractivity contribution is -0.308. The maximum Gasteiger partial charge on any atom is 0.178 e. The van der Waals surface area contributed by atoms with Crippen molar-refractivity contribution in [3.05, 3.63) is 24.3 Å². The molecule has 0 aromatic heterocycles. The third kappa shape index (κ3) is 1.90. The molecule has 4 nitrogen and oxygen atoms in total. The van der Waals surface area contributed by atoms with E-state index in [1.165, 1.54) is 0 Å². The normalized spacial score (nSPS) is 42.3. The summed E-state index contributed by atoms with van der Waals surface area (Å²) in [6.07, 6.45) is 11.4. The molecule has 0 aromatic carbocycles. The van der Waals surface area contributed by atoms with Crippen molar-refractivity contribution in [2.75, 3.05) is 13.2 Å². The summed E-state index contributed by atoms with van der Waals surface area (Å²) in [4.78, 5) is 11.4. The molecule has 0 aromatic rings. The fraction of sp³-hybridized carbons (Fsp3) is 0.688. The van der Waals surface area contributed by atoms with E-state index in [0.717, 1.165) is 38.9 Å². The van der Waals surface area contributed by atoms with Gasteiger partial charge < -0.3 is 14.2 Å². The number of ether oxygens (including phenoxy) is 3. The van der Waals surface area contributed by atoms with Crippen molar-refractivity contribution >= 4 is 5.78 Å². The topological polar surface area (TPSA) is 44.8 Å². The van der Waals surface area contributed by atoms with Crippen molar-refractivity contribution in [2.45, 2.75) is 43.7 Å². The Kier molecular flexibility index (Phi) is 3.05. The minimum Gasteiger partial charge on any atom is -0.377 e. The second-order valence-electron chi connectivity index (χ2n) is 6.17. The predicted molar refractivity (Wildman–Crippen MR) is 72.0 cm³/mol. The van der Waals surface area contributed by atoms with Crippen LogP contribution in [0.1, 0.15) is 25.7 Å². The van der Waals surface area contributed by atoms with Gasteiger partial charge in [-0.2, -0.15) is 0 Å². The highest BCUT2D eigenvalue weighted by Gasteiger charge is 2.54. The van der Waals surface area contributed by atoms with Crippen LogP contribution in [0.2, 0.25) is 0 Å². The molecule has 20 heavy (non-hydrogen) atoms. The molecule has 0 radical (unpaired) electrons. The summed E-state index contributed by atoms with van der Waals surface area (Å²) in [5.41, 5.74) is -0.516. The van der Waals surface area contributed by atoms with Crippen LogP contribution in [0.5, 0.6) is 0 Å². The first-order chi connectivity index (χ1) is 9.78. The van der Waals surface area contributed by atoms with Crippen molar-refractivity contribution in [3.63, 3.8) is 0 Å². The lowest BCUT2D eigenvalue weighted by atomic mass is 9.69. The SMILES string of the molecule is O=C1C=CC2(C=C1)O[C@@H]1OCCC[C@@H]1[C@H]1OCCC[C@@H]12. The zero-order valence-corrected chi connectivity index (χ0v) is 11.5. The number of carbonyl (C=O) groups is 1. The summed E-state index contributed by atoms with van der Waals surface area (Å²) in [5.74, 6) is 0.651. The number of carbonyl (C=O) groups excluding carboxylic acids is 1. The first-order valence-corrected chi connectivity index (χ1v) is 7.62. The molecule has 108 valence electrons. The number of fused-ring (bicyclic) bond motifs is 4. The maximum absolute atomic E-state index is 11.4. The average Bonchev–Trinajstić information content (AvgIpc) is 2.51. The second kappa shape index (κ2) is 4.79. The Morgan fingerprint density at radius 1 is 1.05 bits per heavy atom. The van der Waals surface area contributed by atoms with Crippen LogP contribution in [-0.4, -0.2) is 37.0 Å². The molecule has 3 fully saturated rings. The molecule has 0 saturated carbocycles. The van der Waals surface area contributed by atoms with Gasteiger partial charge in [0.25, 0.3) is 0 Å². The molecule has 1 spiro atoms. The number of hydrogen-bond acceptors (Lipinski definition) is 4. The smallest absolute Gasteiger partial charge is 0.178 e. The van der Waals surface area contributed by atoms with Crippen LogP contribution >= 0.6 is 0 Å². The molecule has 3 heterocycles. The van der Waals surface area contributed by atoms with Crippen LogP contribution in [0, 0.1) is 11.8 Å². The molecule has 3 aliphatic heterocycles.